The molecular weight excluding hydrogens is 209 g/mol. The number of hydrogen-bond donors (Lipinski definition) is 1. The van der Waals surface area contributed by atoms with Crippen molar-refractivity contribution in [3.63, 3.8) is 0 Å². The fourth-order valence-corrected chi connectivity index (χ4v) is 1.25. The number of halogens is 3. The fourth-order valence-electron chi connectivity index (χ4n) is 1.25. The van der Waals surface area contributed by atoms with Crippen molar-refractivity contribution in [3.05, 3.63) is 27.4 Å². The summed E-state index contributed by atoms with van der Waals surface area (Å²) in [7, 11) is 0. The highest BCUT2D eigenvalue weighted by atomic mass is 19.4. The molecule has 0 atom stereocenters. The van der Waals surface area contributed by atoms with E-state index < -0.39 is 18.2 Å². The summed E-state index contributed by atoms with van der Waals surface area (Å²) in [6.45, 7) is 3.29. The normalized spacial score (nSPS) is 11.8. The van der Waals surface area contributed by atoms with Gasteiger partial charge in [-0.2, -0.15) is 13.2 Å². The Hall–Kier alpha value is -1.33. The summed E-state index contributed by atoms with van der Waals surface area (Å²) >= 11 is 0. The molecule has 15 heavy (non-hydrogen) atoms. The van der Waals surface area contributed by atoms with Crippen LogP contribution in [0, 0.1) is 6.92 Å². The molecule has 84 valence electrons. The predicted octanol–water partition coefficient (Wildman–Crippen LogP) is 1.75. The quantitative estimate of drug-likeness (QED) is 0.825. The largest absolute Gasteiger partial charge is 0.396 e. The van der Waals surface area contributed by atoms with Crippen molar-refractivity contribution in [2.24, 2.45) is 0 Å². The molecule has 1 rings (SSSR count). The molecule has 6 heteroatoms. The van der Waals surface area contributed by atoms with Crippen LogP contribution in [-0.2, 0) is 12.8 Å². The summed E-state index contributed by atoms with van der Waals surface area (Å²) in [5, 5.41) is 0. The molecule has 0 amide bonds. The van der Waals surface area contributed by atoms with Crippen LogP contribution in [0.3, 0.4) is 0 Å². The molecule has 1 aromatic rings. The number of alkyl halides is 3. The van der Waals surface area contributed by atoms with E-state index in [0.29, 0.717) is 17.7 Å². The topological polar surface area (TPSA) is 45.8 Å². The van der Waals surface area contributed by atoms with Crippen LogP contribution in [0.5, 0.6) is 0 Å². The van der Waals surface area contributed by atoms with Gasteiger partial charge in [0.2, 0.25) is 0 Å². The average Bonchev–Trinajstić information content (AvgIpc) is 2.08. The van der Waals surface area contributed by atoms with E-state index in [2.05, 4.69) is 9.97 Å². The Morgan fingerprint density at radius 1 is 1.40 bits per heavy atom. The van der Waals surface area contributed by atoms with E-state index in [4.69, 9.17) is 0 Å². The molecule has 0 aromatic carbocycles. The molecule has 3 nitrogen and oxygen atoms in total. The molecule has 0 fully saturated rings. The van der Waals surface area contributed by atoms with Gasteiger partial charge in [0.25, 0.3) is 5.56 Å². The Balaban J connectivity index is 3.12. The minimum atomic E-state index is -4.35. The highest BCUT2D eigenvalue weighted by Crippen LogP contribution is 2.18. The first-order chi connectivity index (χ1) is 6.83. The Morgan fingerprint density at radius 3 is 2.47 bits per heavy atom. The average molecular weight is 220 g/mol. The van der Waals surface area contributed by atoms with Gasteiger partial charge in [0.15, 0.2) is 0 Å². The number of aromatic amines is 1. The number of hydrogen-bond acceptors (Lipinski definition) is 2. The Labute approximate surface area is 84.4 Å². The maximum atomic E-state index is 12.0. The van der Waals surface area contributed by atoms with Gasteiger partial charge in [-0.05, 0) is 13.3 Å². The van der Waals surface area contributed by atoms with Crippen molar-refractivity contribution in [3.8, 4) is 0 Å². The summed E-state index contributed by atoms with van der Waals surface area (Å²) in [6, 6.07) is 0. The fraction of sp³-hybridized carbons (Fsp3) is 0.556. The molecule has 0 saturated heterocycles. The lowest BCUT2D eigenvalue weighted by molar-refractivity contribution is -0.128. The van der Waals surface area contributed by atoms with Gasteiger partial charge in [-0.3, -0.25) is 4.79 Å². The zero-order valence-electron chi connectivity index (χ0n) is 8.40. The molecule has 0 aliphatic heterocycles. The Kier molecular flexibility index (Phi) is 3.16. The van der Waals surface area contributed by atoms with Crippen LogP contribution < -0.4 is 5.56 Å². The van der Waals surface area contributed by atoms with Crippen LogP contribution in [0.15, 0.2) is 4.79 Å². The van der Waals surface area contributed by atoms with Crippen LogP contribution in [0.25, 0.3) is 0 Å². The van der Waals surface area contributed by atoms with Crippen molar-refractivity contribution in [1.82, 2.24) is 9.97 Å². The maximum Gasteiger partial charge on any atom is 0.396 e. The van der Waals surface area contributed by atoms with E-state index in [9.17, 15) is 18.0 Å². The van der Waals surface area contributed by atoms with E-state index in [0.717, 1.165) is 0 Å². The van der Waals surface area contributed by atoms with Gasteiger partial charge >= 0.3 is 6.18 Å². The lowest BCUT2D eigenvalue weighted by Gasteiger charge is -2.08. The van der Waals surface area contributed by atoms with Crippen LogP contribution >= 0.6 is 0 Å². The molecule has 0 aliphatic rings. The van der Waals surface area contributed by atoms with Crippen LogP contribution in [-0.4, -0.2) is 16.1 Å². The van der Waals surface area contributed by atoms with Crippen molar-refractivity contribution >= 4 is 0 Å². The Bertz CT molecular complexity index is 409. The van der Waals surface area contributed by atoms with Crippen LogP contribution in [0.2, 0.25) is 0 Å². The summed E-state index contributed by atoms with van der Waals surface area (Å²) in [5.74, 6) is -0.324. The van der Waals surface area contributed by atoms with Gasteiger partial charge in [-0.15, -0.1) is 0 Å². The smallest absolute Gasteiger partial charge is 0.310 e. The van der Waals surface area contributed by atoms with Gasteiger partial charge in [-0.25, -0.2) is 4.98 Å². The van der Waals surface area contributed by atoms with Crippen molar-refractivity contribution < 1.29 is 13.2 Å². The first-order valence-electron chi connectivity index (χ1n) is 4.49. The van der Waals surface area contributed by atoms with Crippen LogP contribution in [0.1, 0.15) is 24.0 Å². The molecule has 0 unspecified atom stereocenters. The second kappa shape index (κ2) is 4.04. The highest BCUT2D eigenvalue weighted by Gasteiger charge is 2.29. The minimum Gasteiger partial charge on any atom is -0.310 e. The summed E-state index contributed by atoms with van der Waals surface area (Å²) in [6.07, 6.45) is -5.10. The first kappa shape index (κ1) is 11.7. The number of rotatable bonds is 2. The number of aromatic nitrogens is 2. The van der Waals surface area contributed by atoms with Crippen molar-refractivity contribution in [2.75, 3.05) is 0 Å². The lowest BCUT2D eigenvalue weighted by Crippen LogP contribution is -2.22. The zero-order valence-corrected chi connectivity index (χ0v) is 8.40. The number of aryl methyl sites for hydroxylation is 1. The number of nitrogens with one attached hydrogen (secondary N) is 1. The molecule has 1 aromatic heterocycles. The van der Waals surface area contributed by atoms with E-state index in [1.54, 1.807) is 13.8 Å². The van der Waals surface area contributed by atoms with Gasteiger partial charge in [0.1, 0.15) is 12.2 Å². The highest BCUT2D eigenvalue weighted by molar-refractivity contribution is 5.16. The SMILES string of the molecule is CCc1nc(CC(F)(F)F)[nH]c(=O)c1C. The monoisotopic (exact) mass is 220 g/mol. The predicted molar refractivity (Wildman–Crippen MR) is 48.7 cm³/mol. The summed E-state index contributed by atoms with van der Waals surface area (Å²) in [4.78, 5) is 17.1. The second-order valence-electron chi connectivity index (χ2n) is 3.23. The molecular formula is C9H11F3N2O. The third-order valence-corrected chi connectivity index (χ3v) is 2.00. The molecule has 1 heterocycles. The molecule has 0 saturated carbocycles. The number of nitrogens with zero attached hydrogens (tertiary/aromatic N) is 1. The van der Waals surface area contributed by atoms with Crippen molar-refractivity contribution in [1.29, 1.82) is 0 Å². The Morgan fingerprint density at radius 2 is 2.00 bits per heavy atom. The van der Waals surface area contributed by atoms with Gasteiger partial charge in [-0.1, -0.05) is 6.92 Å². The molecule has 0 bridgehead atoms. The molecule has 0 aliphatic carbocycles. The van der Waals surface area contributed by atoms with Gasteiger partial charge < -0.3 is 4.98 Å². The standard InChI is InChI=1S/C9H11F3N2O/c1-3-6-5(2)8(15)14-7(13-6)4-9(10,11)12/h3-4H2,1-2H3,(H,13,14,15). The molecule has 0 spiro atoms. The van der Waals surface area contributed by atoms with Gasteiger partial charge in [0, 0.05) is 5.56 Å². The maximum absolute atomic E-state index is 12.0. The number of H-pyrrole nitrogens is 1. The summed E-state index contributed by atoms with van der Waals surface area (Å²) < 4.78 is 36.1. The second-order valence-corrected chi connectivity index (χ2v) is 3.23. The van der Waals surface area contributed by atoms with E-state index >= 15 is 0 Å². The van der Waals surface area contributed by atoms with Crippen LogP contribution in [0.4, 0.5) is 13.2 Å². The van der Waals surface area contributed by atoms with E-state index in [-0.39, 0.29) is 5.82 Å². The summed E-state index contributed by atoms with van der Waals surface area (Å²) in [5.41, 5.74) is 0.294. The first-order valence-corrected chi connectivity index (χ1v) is 4.49. The zero-order chi connectivity index (χ0) is 11.6. The third-order valence-electron chi connectivity index (χ3n) is 2.00. The molecule has 1 N–H and O–H groups in total. The van der Waals surface area contributed by atoms with E-state index in [1.165, 1.54) is 0 Å². The lowest BCUT2D eigenvalue weighted by atomic mass is 10.2. The van der Waals surface area contributed by atoms with E-state index in [1.807, 2.05) is 0 Å². The molecule has 0 radical (unpaired) electrons. The van der Waals surface area contributed by atoms with Crippen molar-refractivity contribution in [2.45, 2.75) is 32.9 Å². The van der Waals surface area contributed by atoms with Gasteiger partial charge in [0.05, 0.1) is 5.69 Å². The third kappa shape index (κ3) is 3.07. The minimum absolute atomic E-state index is 0.324.